The molecule has 0 aromatic carbocycles. The molecular formula is C11H17ClN2O4S2. The first kappa shape index (κ1) is 17.4. The number of thiophene rings is 1. The SMILES string of the molecule is COC(=O)c1cc(S(=O)(=O)NC2CCCNC2)cs1.Cl. The fraction of sp³-hybridized carbons (Fsp3) is 0.545. The van der Waals surface area contributed by atoms with Crippen LogP contribution in [0.1, 0.15) is 22.5 Å². The zero-order valence-electron chi connectivity index (χ0n) is 10.9. The minimum absolute atomic E-state index is 0. The molecule has 2 heterocycles. The third-order valence-corrected chi connectivity index (χ3v) is 5.45. The van der Waals surface area contributed by atoms with Crippen molar-refractivity contribution in [3.8, 4) is 0 Å². The molecule has 9 heteroatoms. The molecule has 0 saturated carbocycles. The molecule has 1 aromatic rings. The molecule has 0 spiro atoms. The van der Waals surface area contributed by atoms with Gasteiger partial charge >= 0.3 is 5.97 Å². The number of carbonyl (C=O) groups is 1. The van der Waals surface area contributed by atoms with Crippen molar-refractivity contribution in [1.82, 2.24) is 10.0 Å². The summed E-state index contributed by atoms with van der Waals surface area (Å²) in [6.45, 7) is 1.55. The minimum atomic E-state index is -3.57. The first-order chi connectivity index (χ1) is 9.03. The van der Waals surface area contributed by atoms with Crippen LogP contribution in [0.3, 0.4) is 0 Å². The highest BCUT2D eigenvalue weighted by Gasteiger charge is 2.23. The molecule has 6 nitrogen and oxygen atoms in total. The molecule has 1 unspecified atom stereocenters. The van der Waals surface area contributed by atoms with E-state index in [0.717, 1.165) is 30.7 Å². The molecule has 1 aromatic heterocycles. The largest absolute Gasteiger partial charge is 0.465 e. The quantitative estimate of drug-likeness (QED) is 0.798. The van der Waals surface area contributed by atoms with Crippen LogP contribution in [0.5, 0.6) is 0 Å². The Morgan fingerprint density at radius 1 is 1.55 bits per heavy atom. The van der Waals surface area contributed by atoms with Gasteiger partial charge in [-0.1, -0.05) is 0 Å². The molecule has 0 radical (unpaired) electrons. The molecule has 1 aliphatic rings. The summed E-state index contributed by atoms with van der Waals surface area (Å²) < 4.78 is 31.5. The third kappa shape index (κ3) is 4.16. The Labute approximate surface area is 128 Å². The van der Waals surface area contributed by atoms with Crippen LogP contribution < -0.4 is 10.0 Å². The lowest BCUT2D eigenvalue weighted by atomic mass is 10.1. The van der Waals surface area contributed by atoms with Crippen LogP contribution in [0.4, 0.5) is 0 Å². The number of hydrogen-bond donors (Lipinski definition) is 2. The maximum atomic E-state index is 12.1. The topological polar surface area (TPSA) is 84.5 Å². The van der Waals surface area contributed by atoms with Gasteiger partial charge in [0.1, 0.15) is 4.88 Å². The van der Waals surface area contributed by atoms with E-state index >= 15 is 0 Å². The fourth-order valence-electron chi connectivity index (χ4n) is 1.91. The Kier molecular flexibility index (Phi) is 6.41. The van der Waals surface area contributed by atoms with E-state index in [1.807, 2.05) is 0 Å². The van der Waals surface area contributed by atoms with Crippen LogP contribution in [-0.2, 0) is 14.8 Å². The molecule has 2 N–H and O–H groups in total. The van der Waals surface area contributed by atoms with Crippen molar-refractivity contribution in [2.75, 3.05) is 20.2 Å². The summed E-state index contributed by atoms with van der Waals surface area (Å²) >= 11 is 1.06. The Morgan fingerprint density at radius 3 is 2.90 bits per heavy atom. The summed E-state index contributed by atoms with van der Waals surface area (Å²) in [6.07, 6.45) is 1.77. The molecule has 2 rings (SSSR count). The molecule has 1 aliphatic heterocycles. The summed E-state index contributed by atoms with van der Waals surface area (Å²) in [5.41, 5.74) is 0. The third-order valence-electron chi connectivity index (χ3n) is 2.89. The van der Waals surface area contributed by atoms with Crippen molar-refractivity contribution >= 4 is 39.7 Å². The Bertz CT molecular complexity index is 553. The van der Waals surface area contributed by atoms with Gasteiger partial charge in [-0.15, -0.1) is 23.7 Å². The summed E-state index contributed by atoms with van der Waals surface area (Å²) in [7, 11) is -2.30. The van der Waals surface area contributed by atoms with Crippen LogP contribution in [0.25, 0.3) is 0 Å². The van der Waals surface area contributed by atoms with Gasteiger partial charge < -0.3 is 10.1 Å². The van der Waals surface area contributed by atoms with E-state index in [4.69, 9.17) is 0 Å². The van der Waals surface area contributed by atoms with E-state index < -0.39 is 16.0 Å². The Morgan fingerprint density at radius 2 is 2.30 bits per heavy atom. The number of esters is 1. The van der Waals surface area contributed by atoms with Crippen LogP contribution in [0.2, 0.25) is 0 Å². The zero-order chi connectivity index (χ0) is 13.9. The summed E-state index contributed by atoms with van der Waals surface area (Å²) in [5, 5.41) is 4.59. The molecule has 1 saturated heterocycles. The number of hydrogen-bond acceptors (Lipinski definition) is 6. The maximum absolute atomic E-state index is 12.1. The average Bonchev–Trinajstić information content (AvgIpc) is 2.89. The van der Waals surface area contributed by atoms with Crippen molar-refractivity contribution < 1.29 is 17.9 Å². The number of ether oxygens (including phenoxy) is 1. The predicted octanol–water partition coefficient (Wildman–Crippen LogP) is 0.987. The number of piperidine rings is 1. The number of methoxy groups -OCH3 is 1. The van der Waals surface area contributed by atoms with Gasteiger partial charge in [-0.2, -0.15) is 0 Å². The van der Waals surface area contributed by atoms with E-state index in [0.29, 0.717) is 6.54 Å². The first-order valence-electron chi connectivity index (χ1n) is 5.93. The van der Waals surface area contributed by atoms with E-state index in [-0.39, 0.29) is 28.2 Å². The number of carbonyl (C=O) groups excluding carboxylic acids is 1. The summed E-state index contributed by atoms with van der Waals surface area (Å²) in [6, 6.07) is 1.25. The smallest absolute Gasteiger partial charge is 0.348 e. The molecule has 114 valence electrons. The average molecular weight is 341 g/mol. The normalized spacial score (nSPS) is 19.1. The molecule has 0 amide bonds. The van der Waals surface area contributed by atoms with Gasteiger partial charge in [-0.05, 0) is 25.5 Å². The molecule has 1 fully saturated rings. The Balaban J connectivity index is 0.00000200. The molecule has 0 bridgehead atoms. The minimum Gasteiger partial charge on any atom is -0.465 e. The van der Waals surface area contributed by atoms with Gasteiger partial charge in [-0.3, -0.25) is 0 Å². The highest BCUT2D eigenvalue weighted by Crippen LogP contribution is 2.20. The zero-order valence-corrected chi connectivity index (χ0v) is 13.4. The first-order valence-corrected chi connectivity index (χ1v) is 8.29. The molecule has 0 aliphatic carbocycles. The van der Waals surface area contributed by atoms with Crippen molar-refractivity contribution in [2.24, 2.45) is 0 Å². The number of halogens is 1. The van der Waals surface area contributed by atoms with Gasteiger partial charge in [0.15, 0.2) is 0 Å². The number of sulfonamides is 1. The predicted molar refractivity (Wildman–Crippen MR) is 79.1 cm³/mol. The van der Waals surface area contributed by atoms with Crippen LogP contribution in [0.15, 0.2) is 16.3 Å². The Hall–Kier alpha value is -0.670. The second-order valence-electron chi connectivity index (χ2n) is 4.30. The fourth-order valence-corrected chi connectivity index (χ4v) is 4.37. The van der Waals surface area contributed by atoms with Crippen LogP contribution in [0, 0.1) is 0 Å². The van der Waals surface area contributed by atoms with Crippen molar-refractivity contribution in [1.29, 1.82) is 0 Å². The van der Waals surface area contributed by atoms with E-state index in [1.54, 1.807) is 0 Å². The van der Waals surface area contributed by atoms with Crippen molar-refractivity contribution in [2.45, 2.75) is 23.8 Å². The standard InChI is InChI=1S/C11H16N2O4S2.ClH/c1-17-11(14)10-5-9(7-18-10)19(15,16)13-8-3-2-4-12-6-8;/h5,7-8,12-13H,2-4,6H2,1H3;1H. The number of nitrogens with one attached hydrogen (secondary N) is 2. The summed E-state index contributed by atoms with van der Waals surface area (Å²) in [5.74, 6) is -0.522. The van der Waals surface area contributed by atoms with Crippen LogP contribution in [-0.4, -0.2) is 40.6 Å². The second kappa shape index (κ2) is 7.37. The van der Waals surface area contributed by atoms with Gasteiger partial charge in [0.2, 0.25) is 10.0 Å². The molecular weight excluding hydrogens is 324 g/mol. The van der Waals surface area contributed by atoms with Crippen molar-refractivity contribution in [3.05, 3.63) is 16.3 Å². The van der Waals surface area contributed by atoms with Gasteiger partial charge in [0.05, 0.1) is 12.0 Å². The molecule has 20 heavy (non-hydrogen) atoms. The van der Waals surface area contributed by atoms with E-state index in [1.165, 1.54) is 18.6 Å². The van der Waals surface area contributed by atoms with E-state index in [2.05, 4.69) is 14.8 Å². The summed E-state index contributed by atoms with van der Waals surface area (Å²) in [4.78, 5) is 11.7. The lowest BCUT2D eigenvalue weighted by Crippen LogP contribution is -2.45. The van der Waals surface area contributed by atoms with Crippen LogP contribution >= 0.6 is 23.7 Å². The van der Waals surface area contributed by atoms with Gasteiger partial charge in [0.25, 0.3) is 0 Å². The lowest BCUT2D eigenvalue weighted by molar-refractivity contribution is 0.0606. The van der Waals surface area contributed by atoms with Crippen molar-refractivity contribution in [3.63, 3.8) is 0 Å². The maximum Gasteiger partial charge on any atom is 0.348 e. The monoisotopic (exact) mass is 340 g/mol. The number of rotatable bonds is 4. The highest BCUT2D eigenvalue weighted by atomic mass is 35.5. The lowest BCUT2D eigenvalue weighted by Gasteiger charge is -2.23. The van der Waals surface area contributed by atoms with Gasteiger partial charge in [-0.25, -0.2) is 17.9 Å². The van der Waals surface area contributed by atoms with E-state index in [9.17, 15) is 13.2 Å². The van der Waals surface area contributed by atoms with Gasteiger partial charge in [0, 0.05) is 18.0 Å². The molecule has 1 atom stereocenters. The highest BCUT2D eigenvalue weighted by molar-refractivity contribution is 7.89. The second-order valence-corrected chi connectivity index (χ2v) is 6.93.